The van der Waals surface area contributed by atoms with E-state index in [4.69, 9.17) is 9.57 Å². The molecule has 0 aromatic carbocycles. The SMILES string of the molecule is CCOC(=O)N1CCN(OC(=O)C(C)(C)C)CC1. The van der Waals surface area contributed by atoms with Gasteiger partial charge in [0.2, 0.25) is 0 Å². The average Bonchev–Trinajstić information content (AvgIpc) is 2.29. The zero-order valence-corrected chi connectivity index (χ0v) is 11.6. The first-order valence-corrected chi connectivity index (χ1v) is 6.23. The molecule has 1 aliphatic heterocycles. The molecule has 0 aromatic rings. The van der Waals surface area contributed by atoms with Crippen LogP contribution in [0.15, 0.2) is 0 Å². The van der Waals surface area contributed by atoms with Crippen molar-refractivity contribution in [2.75, 3.05) is 32.8 Å². The largest absolute Gasteiger partial charge is 0.450 e. The van der Waals surface area contributed by atoms with Crippen LogP contribution in [0.2, 0.25) is 0 Å². The van der Waals surface area contributed by atoms with E-state index in [-0.39, 0.29) is 12.1 Å². The molecule has 0 aliphatic carbocycles. The number of piperazine rings is 1. The van der Waals surface area contributed by atoms with Crippen LogP contribution < -0.4 is 0 Å². The first kappa shape index (κ1) is 14.8. The molecular formula is C12H22N2O4. The predicted octanol–water partition coefficient (Wildman–Crippen LogP) is 1.26. The average molecular weight is 258 g/mol. The smallest absolute Gasteiger partial charge is 0.409 e. The van der Waals surface area contributed by atoms with E-state index in [2.05, 4.69) is 0 Å². The first-order chi connectivity index (χ1) is 8.34. The van der Waals surface area contributed by atoms with Crippen LogP contribution in [0, 0.1) is 5.41 Å². The Labute approximate surface area is 108 Å². The van der Waals surface area contributed by atoms with Crippen LogP contribution in [0.1, 0.15) is 27.7 Å². The highest BCUT2D eigenvalue weighted by atomic mass is 16.7. The molecule has 0 spiro atoms. The maximum atomic E-state index is 11.7. The van der Waals surface area contributed by atoms with Gasteiger partial charge in [0.25, 0.3) is 0 Å². The van der Waals surface area contributed by atoms with Gasteiger partial charge >= 0.3 is 12.1 Å². The summed E-state index contributed by atoms with van der Waals surface area (Å²) in [6.45, 7) is 9.63. The van der Waals surface area contributed by atoms with Gasteiger partial charge in [-0.3, -0.25) is 0 Å². The molecule has 6 heteroatoms. The molecule has 0 unspecified atom stereocenters. The summed E-state index contributed by atoms with van der Waals surface area (Å²) in [7, 11) is 0. The highest BCUT2D eigenvalue weighted by molar-refractivity contribution is 5.75. The van der Waals surface area contributed by atoms with Gasteiger partial charge in [0, 0.05) is 13.1 Å². The number of rotatable bonds is 2. The molecule has 1 rings (SSSR count). The fraction of sp³-hybridized carbons (Fsp3) is 0.833. The molecule has 6 nitrogen and oxygen atoms in total. The summed E-state index contributed by atoms with van der Waals surface area (Å²) in [5.74, 6) is -0.257. The second kappa shape index (κ2) is 6.04. The Hall–Kier alpha value is -1.30. The van der Waals surface area contributed by atoms with Gasteiger partial charge in [0.1, 0.15) is 0 Å². The van der Waals surface area contributed by atoms with Crippen LogP contribution >= 0.6 is 0 Å². The van der Waals surface area contributed by atoms with Gasteiger partial charge in [-0.25, -0.2) is 9.59 Å². The Morgan fingerprint density at radius 1 is 1.11 bits per heavy atom. The van der Waals surface area contributed by atoms with Gasteiger partial charge in [0.05, 0.1) is 25.1 Å². The van der Waals surface area contributed by atoms with Crippen LogP contribution in [0.25, 0.3) is 0 Å². The first-order valence-electron chi connectivity index (χ1n) is 6.23. The highest BCUT2D eigenvalue weighted by Gasteiger charge is 2.29. The van der Waals surface area contributed by atoms with Crippen LogP contribution in [-0.2, 0) is 14.4 Å². The maximum Gasteiger partial charge on any atom is 0.409 e. The van der Waals surface area contributed by atoms with Crippen LogP contribution in [-0.4, -0.2) is 54.8 Å². The molecule has 1 saturated heterocycles. The van der Waals surface area contributed by atoms with E-state index in [9.17, 15) is 9.59 Å². The van der Waals surface area contributed by atoms with Crippen LogP contribution in [0.4, 0.5) is 4.79 Å². The molecule has 1 heterocycles. The summed E-state index contributed by atoms with van der Waals surface area (Å²) in [4.78, 5) is 30.0. The second-order valence-corrected chi connectivity index (χ2v) is 5.24. The van der Waals surface area contributed by atoms with Crippen molar-refractivity contribution in [1.29, 1.82) is 0 Å². The van der Waals surface area contributed by atoms with Gasteiger partial charge < -0.3 is 14.5 Å². The number of ether oxygens (including phenoxy) is 1. The van der Waals surface area contributed by atoms with E-state index in [1.807, 2.05) is 20.8 Å². The van der Waals surface area contributed by atoms with Crippen molar-refractivity contribution in [2.45, 2.75) is 27.7 Å². The van der Waals surface area contributed by atoms with Gasteiger partial charge in [0.15, 0.2) is 0 Å². The second-order valence-electron chi connectivity index (χ2n) is 5.24. The number of nitrogens with zero attached hydrogens (tertiary/aromatic N) is 2. The molecular weight excluding hydrogens is 236 g/mol. The molecule has 0 radical (unpaired) electrons. The third-order valence-corrected chi connectivity index (χ3v) is 2.59. The number of amides is 1. The van der Waals surface area contributed by atoms with Crippen LogP contribution in [0.3, 0.4) is 0 Å². The van der Waals surface area contributed by atoms with Crippen molar-refractivity contribution in [2.24, 2.45) is 5.41 Å². The summed E-state index contributed by atoms with van der Waals surface area (Å²) in [6.07, 6.45) is -0.306. The Kier molecular flexibility index (Phi) is 4.95. The molecule has 0 N–H and O–H groups in total. The molecule has 104 valence electrons. The van der Waals surface area contributed by atoms with E-state index in [0.717, 1.165) is 0 Å². The van der Waals surface area contributed by atoms with Crippen molar-refractivity contribution >= 4 is 12.1 Å². The fourth-order valence-electron chi connectivity index (χ4n) is 1.43. The number of carbonyl (C=O) groups is 2. The quantitative estimate of drug-likeness (QED) is 0.746. The van der Waals surface area contributed by atoms with Gasteiger partial charge in [-0.1, -0.05) is 0 Å². The van der Waals surface area contributed by atoms with Crippen molar-refractivity contribution in [1.82, 2.24) is 9.96 Å². The highest BCUT2D eigenvalue weighted by Crippen LogP contribution is 2.17. The predicted molar refractivity (Wildman–Crippen MR) is 65.7 cm³/mol. The molecule has 1 fully saturated rings. The number of hydrogen-bond donors (Lipinski definition) is 0. The number of hydrogen-bond acceptors (Lipinski definition) is 5. The van der Waals surface area contributed by atoms with Crippen molar-refractivity contribution in [3.8, 4) is 0 Å². The Morgan fingerprint density at radius 3 is 2.11 bits per heavy atom. The lowest BCUT2D eigenvalue weighted by atomic mass is 9.98. The van der Waals surface area contributed by atoms with E-state index >= 15 is 0 Å². The van der Waals surface area contributed by atoms with Crippen molar-refractivity contribution < 1.29 is 19.2 Å². The molecule has 0 saturated carbocycles. The third kappa shape index (κ3) is 4.18. The van der Waals surface area contributed by atoms with E-state index in [0.29, 0.717) is 32.8 Å². The van der Waals surface area contributed by atoms with Gasteiger partial charge in [-0.2, -0.15) is 0 Å². The summed E-state index contributed by atoms with van der Waals surface area (Å²) in [6, 6.07) is 0. The Balaban J connectivity index is 2.36. The number of carbonyl (C=O) groups excluding carboxylic acids is 2. The molecule has 1 aliphatic rings. The normalized spacial score (nSPS) is 17.4. The van der Waals surface area contributed by atoms with E-state index in [1.54, 1.807) is 16.9 Å². The molecule has 1 amide bonds. The summed E-state index contributed by atoms with van der Waals surface area (Å²) in [5.41, 5.74) is -0.516. The lowest BCUT2D eigenvalue weighted by Crippen LogP contribution is -2.50. The van der Waals surface area contributed by atoms with Crippen molar-refractivity contribution in [3.63, 3.8) is 0 Å². The topological polar surface area (TPSA) is 59.1 Å². The van der Waals surface area contributed by atoms with E-state index < -0.39 is 5.41 Å². The number of hydroxylamine groups is 2. The molecule has 0 aromatic heterocycles. The maximum absolute atomic E-state index is 11.7. The molecule has 0 atom stereocenters. The summed E-state index contributed by atoms with van der Waals surface area (Å²) < 4.78 is 4.91. The lowest BCUT2D eigenvalue weighted by molar-refractivity contribution is -0.205. The van der Waals surface area contributed by atoms with Gasteiger partial charge in [-0.15, -0.1) is 5.06 Å². The monoisotopic (exact) mass is 258 g/mol. The summed E-state index contributed by atoms with van der Waals surface area (Å²) in [5, 5.41) is 1.60. The summed E-state index contributed by atoms with van der Waals surface area (Å²) >= 11 is 0. The zero-order valence-electron chi connectivity index (χ0n) is 11.6. The Morgan fingerprint density at radius 2 is 1.67 bits per heavy atom. The third-order valence-electron chi connectivity index (χ3n) is 2.59. The van der Waals surface area contributed by atoms with Crippen molar-refractivity contribution in [3.05, 3.63) is 0 Å². The minimum absolute atomic E-state index is 0.257. The van der Waals surface area contributed by atoms with E-state index in [1.165, 1.54) is 0 Å². The Bertz CT molecular complexity index is 304. The lowest BCUT2D eigenvalue weighted by Gasteiger charge is -2.33. The minimum atomic E-state index is -0.516. The minimum Gasteiger partial charge on any atom is -0.450 e. The standard InChI is InChI=1S/C12H22N2O4/c1-5-17-11(16)13-6-8-14(9-7-13)18-10(15)12(2,3)4/h5-9H2,1-4H3. The molecule has 18 heavy (non-hydrogen) atoms. The van der Waals surface area contributed by atoms with Gasteiger partial charge in [-0.05, 0) is 27.7 Å². The van der Waals surface area contributed by atoms with Crippen LogP contribution in [0.5, 0.6) is 0 Å². The zero-order chi connectivity index (χ0) is 13.8. The molecule has 0 bridgehead atoms. The fourth-order valence-corrected chi connectivity index (χ4v) is 1.43.